The summed E-state index contributed by atoms with van der Waals surface area (Å²) in [7, 11) is 0. The predicted molar refractivity (Wildman–Crippen MR) is 86.9 cm³/mol. The number of rotatable bonds is 4. The van der Waals surface area contributed by atoms with E-state index < -0.39 is 5.54 Å². The number of nitrogens with one attached hydrogen (secondary N) is 1. The summed E-state index contributed by atoms with van der Waals surface area (Å²) in [4.78, 5) is 36.1. The van der Waals surface area contributed by atoms with Gasteiger partial charge in [0.15, 0.2) is 0 Å². The maximum atomic E-state index is 11.8. The van der Waals surface area contributed by atoms with Crippen molar-refractivity contribution >= 4 is 46.9 Å². The number of hydrogen-bond donors (Lipinski definition) is 2. The largest absolute Gasteiger partial charge is 0.324 e. The monoisotopic (exact) mass is 341 g/mol. The SMILES string of the molecule is Cl.NC1(C(=O)Nc2ccc(CN3C(=O)CSC3=O)cc2)CC1. The molecule has 1 aromatic carbocycles. The number of hydrogen-bond acceptors (Lipinski definition) is 5. The Morgan fingerprint density at radius 3 is 2.41 bits per heavy atom. The molecule has 0 atom stereocenters. The van der Waals surface area contributed by atoms with Crippen LogP contribution in [0.15, 0.2) is 24.3 Å². The van der Waals surface area contributed by atoms with E-state index in [4.69, 9.17) is 5.73 Å². The number of nitrogens with two attached hydrogens (primary N) is 1. The van der Waals surface area contributed by atoms with Crippen LogP contribution in [0.4, 0.5) is 10.5 Å². The lowest BCUT2D eigenvalue weighted by Crippen LogP contribution is -2.37. The molecule has 3 amide bonds. The molecule has 0 unspecified atom stereocenters. The Balaban J connectivity index is 0.00000176. The fourth-order valence-electron chi connectivity index (χ4n) is 2.03. The number of imide groups is 1. The van der Waals surface area contributed by atoms with Crippen LogP contribution in [-0.4, -0.2) is 33.2 Å². The Hall–Kier alpha value is -1.57. The lowest BCUT2D eigenvalue weighted by molar-refractivity contribution is -0.125. The number of amides is 3. The van der Waals surface area contributed by atoms with Crippen molar-refractivity contribution in [2.24, 2.45) is 5.73 Å². The third kappa shape index (κ3) is 3.43. The van der Waals surface area contributed by atoms with Gasteiger partial charge in [-0.1, -0.05) is 23.9 Å². The van der Waals surface area contributed by atoms with E-state index in [1.54, 1.807) is 24.3 Å². The Morgan fingerprint density at radius 2 is 1.91 bits per heavy atom. The summed E-state index contributed by atoms with van der Waals surface area (Å²) in [6.07, 6.45) is 1.43. The molecule has 0 spiro atoms. The normalized spacial score (nSPS) is 18.9. The summed E-state index contributed by atoms with van der Waals surface area (Å²) >= 11 is 1.02. The summed E-state index contributed by atoms with van der Waals surface area (Å²) in [5, 5.41) is 2.56. The van der Waals surface area contributed by atoms with Crippen LogP contribution in [-0.2, 0) is 16.1 Å². The quantitative estimate of drug-likeness (QED) is 0.870. The van der Waals surface area contributed by atoms with E-state index in [1.165, 1.54) is 4.90 Å². The van der Waals surface area contributed by atoms with Crippen LogP contribution in [0.3, 0.4) is 0 Å². The molecule has 1 aliphatic carbocycles. The minimum atomic E-state index is -0.704. The van der Waals surface area contributed by atoms with E-state index in [-0.39, 0.29) is 41.8 Å². The average Bonchev–Trinajstić information content (AvgIpc) is 3.15. The molecule has 2 aliphatic rings. The molecule has 2 fully saturated rings. The average molecular weight is 342 g/mol. The van der Waals surface area contributed by atoms with Crippen LogP contribution in [0.5, 0.6) is 0 Å². The van der Waals surface area contributed by atoms with Crippen molar-refractivity contribution in [3.05, 3.63) is 29.8 Å². The van der Waals surface area contributed by atoms with Gasteiger partial charge in [-0.2, -0.15) is 0 Å². The molecule has 3 N–H and O–H groups in total. The van der Waals surface area contributed by atoms with Gasteiger partial charge in [-0.05, 0) is 30.5 Å². The Bertz CT molecular complexity index is 600. The molecule has 0 radical (unpaired) electrons. The highest BCUT2D eigenvalue weighted by Crippen LogP contribution is 2.33. The van der Waals surface area contributed by atoms with E-state index in [0.717, 1.165) is 17.3 Å². The van der Waals surface area contributed by atoms with Crippen molar-refractivity contribution in [3.63, 3.8) is 0 Å². The molecule has 3 rings (SSSR count). The van der Waals surface area contributed by atoms with E-state index >= 15 is 0 Å². The molecule has 1 saturated heterocycles. The number of nitrogens with zero attached hydrogens (tertiary/aromatic N) is 1. The van der Waals surface area contributed by atoms with Crippen molar-refractivity contribution < 1.29 is 14.4 Å². The summed E-state index contributed by atoms with van der Waals surface area (Å²) < 4.78 is 0. The zero-order chi connectivity index (χ0) is 15.0. The van der Waals surface area contributed by atoms with E-state index in [0.29, 0.717) is 18.5 Å². The lowest BCUT2D eigenvalue weighted by atomic mass is 10.2. The van der Waals surface area contributed by atoms with Crippen molar-refractivity contribution in [1.82, 2.24) is 4.90 Å². The zero-order valence-electron chi connectivity index (χ0n) is 11.7. The maximum Gasteiger partial charge on any atom is 0.289 e. The molecule has 0 aromatic heterocycles. The first-order chi connectivity index (χ1) is 9.98. The van der Waals surface area contributed by atoms with Crippen LogP contribution in [0, 0.1) is 0 Å². The number of anilines is 1. The Kier molecular flexibility index (Phi) is 4.79. The predicted octanol–water partition coefficient (Wildman–Crippen LogP) is 1.73. The topological polar surface area (TPSA) is 92.5 Å². The highest BCUT2D eigenvalue weighted by Gasteiger charge is 2.45. The van der Waals surface area contributed by atoms with Gasteiger partial charge < -0.3 is 11.1 Å². The van der Waals surface area contributed by atoms with Gasteiger partial charge in [0, 0.05) is 5.69 Å². The Morgan fingerprint density at radius 1 is 1.27 bits per heavy atom. The highest BCUT2D eigenvalue weighted by atomic mass is 35.5. The molecule has 8 heteroatoms. The van der Waals surface area contributed by atoms with Gasteiger partial charge in [0.1, 0.15) is 0 Å². The molecule has 22 heavy (non-hydrogen) atoms. The molecule has 1 aliphatic heterocycles. The standard InChI is InChI=1S/C14H15N3O3S.ClH/c15-14(5-6-14)12(19)16-10-3-1-9(2-4-10)7-17-11(18)8-21-13(17)20;/h1-4H,5-8,15H2,(H,16,19);1H. The molecule has 1 aromatic rings. The van der Waals surface area contributed by atoms with Crippen LogP contribution in [0.2, 0.25) is 0 Å². The number of thioether (sulfide) groups is 1. The van der Waals surface area contributed by atoms with E-state index in [1.807, 2.05) is 0 Å². The van der Waals surface area contributed by atoms with Crippen molar-refractivity contribution in [3.8, 4) is 0 Å². The van der Waals surface area contributed by atoms with Crippen LogP contribution in [0.25, 0.3) is 0 Å². The first kappa shape index (κ1) is 16.8. The third-order valence-corrected chi connectivity index (χ3v) is 4.49. The zero-order valence-corrected chi connectivity index (χ0v) is 13.3. The second-order valence-electron chi connectivity index (χ2n) is 5.34. The molecule has 0 bridgehead atoms. The van der Waals surface area contributed by atoms with Crippen molar-refractivity contribution in [1.29, 1.82) is 0 Å². The minimum absolute atomic E-state index is 0. The van der Waals surface area contributed by atoms with Gasteiger partial charge in [0.05, 0.1) is 17.8 Å². The summed E-state index contributed by atoms with van der Waals surface area (Å²) in [6.45, 7) is 0.264. The van der Waals surface area contributed by atoms with Gasteiger partial charge in [-0.15, -0.1) is 12.4 Å². The second-order valence-corrected chi connectivity index (χ2v) is 6.27. The fraction of sp³-hybridized carbons (Fsp3) is 0.357. The minimum Gasteiger partial charge on any atom is -0.324 e. The summed E-state index contributed by atoms with van der Waals surface area (Å²) in [5.74, 6) is -0.122. The van der Waals surface area contributed by atoms with E-state index in [9.17, 15) is 14.4 Å². The molecular weight excluding hydrogens is 326 g/mol. The highest BCUT2D eigenvalue weighted by molar-refractivity contribution is 8.14. The van der Waals surface area contributed by atoms with E-state index in [2.05, 4.69) is 5.32 Å². The van der Waals surface area contributed by atoms with Crippen LogP contribution >= 0.6 is 24.2 Å². The molecule has 1 heterocycles. The number of halogens is 1. The molecule has 118 valence electrons. The van der Waals surface area contributed by atoms with Gasteiger partial charge in [-0.3, -0.25) is 19.3 Å². The van der Waals surface area contributed by atoms with Crippen LogP contribution < -0.4 is 11.1 Å². The number of benzene rings is 1. The fourth-order valence-corrected chi connectivity index (χ4v) is 2.75. The first-order valence-electron chi connectivity index (χ1n) is 6.64. The van der Waals surface area contributed by atoms with Gasteiger partial charge in [0.25, 0.3) is 5.24 Å². The van der Waals surface area contributed by atoms with Gasteiger partial charge in [0.2, 0.25) is 11.8 Å². The maximum absolute atomic E-state index is 11.8. The molecule has 6 nitrogen and oxygen atoms in total. The lowest BCUT2D eigenvalue weighted by Gasteiger charge is -2.14. The van der Waals surface area contributed by atoms with Crippen LogP contribution in [0.1, 0.15) is 18.4 Å². The Labute approximate surface area is 138 Å². The molecule has 1 saturated carbocycles. The second kappa shape index (κ2) is 6.28. The number of carbonyl (C=O) groups excluding carboxylic acids is 3. The molecular formula is C14H16ClN3O3S. The summed E-state index contributed by atoms with van der Waals surface area (Å²) in [5.41, 5.74) is 6.61. The van der Waals surface area contributed by atoms with Gasteiger partial charge >= 0.3 is 0 Å². The number of carbonyl (C=O) groups is 3. The third-order valence-electron chi connectivity index (χ3n) is 3.63. The van der Waals surface area contributed by atoms with Crippen molar-refractivity contribution in [2.75, 3.05) is 11.1 Å². The smallest absolute Gasteiger partial charge is 0.289 e. The van der Waals surface area contributed by atoms with Crippen molar-refractivity contribution in [2.45, 2.75) is 24.9 Å². The summed E-state index contributed by atoms with van der Waals surface area (Å²) in [6, 6.07) is 7.07. The first-order valence-corrected chi connectivity index (χ1v) is 7.63. The van der Waals surface area contributed by atoms with Gasteiger partial charge in [-0.25, -0.2) is 0 Å².